The molecule has 0 spiro atoms. The van der Waals surface area contributed by atoms with Crippen molar-refractivity contribution in [3.8, 4) is 5.75 Å². The summed E-state index contributed by atoms with van der Waals surface area (Å²) in [7, 11) is 0. The van der Waals surface area contributed by atoms with Gasteiger partial charge in [-0.3, -0.25) is 4.79 Å². The Balaban J connectivity index is 2.08. The molecule has 5 heteroatoms. The van der Waals surface area contributed by atoms with Gasteiger partial charge < -0.3 is 15.4 Å². The maximum atomic E-state index is 11.3. The van der Waals surface area contributed by atoms with E-state index in [9.17, 15) is 4.79 Å². The normalized spacial score (nSPS) is 10.4. The quantitative estimate of drug-likeness (QED) is 0.756. The highest BCUT2D eigenvalue weighted by molar-refractivity contribution is 9.10. The van der Waals surface area contributed by atoms with Gasteiger partial charge in [0.1, 0.15) is 12.4 Å². The van der Waals surface area contributed by atoms with Crippen LogP contribution in [0.4, 0.5) is 0 Å². The molecule has 0 unspecified atom stereocenters. The molecule has 1 rings (SSSR count). The second-order valence-electron chi connectivity index (χ2n) is 4.20. The third-order valence-corrected chi connectivity index (χ3v) is 2.63. The summed E-state index contributed by atoms with van der Waals surface area (Å²) in [5, 5.41) is 5.84. The van der Waals surface area contributed by atoms with Crippen LogP contribution in [0, 0.1) is 0 Å². The summed E-state index contributed by atoms with van der Waals surface area (Å²) in [6.07, 6.45) is 0. The van der Waals surface area contributed by atoms with Crippen LogP contribution in [0.3, 0.4) is 0 Å². The van der Waals surface area contributed by atoms with E-state index in [4.69, 9.17) is 4.74 Å². The van der Waals surface area contributed by atoms with Gasteiger partial charge in [0.25, 0.3) is 0 Å². The number of ether oxygens (including phenoxy) is 1. The average molecular weight is 315 g/mol. The molecular formula is C13H19BrN2O2. The Morgan fingerprint density at radius 1 is 1.33 bits per heavy atom. The molecule has 0 atom stereocenters. The molecule has 0 fully saturated rings. The first-order valence-corrected chi connectivity index (χ1v) is 6.75. The van der Waals surface area contributed by atoms with Gasteiger partial charge in [-0.1, -0.05) is 15.9 Å². The van der Waals surface area contributed by atoms with Gasteiger partial charge >= 0.3 is 0 Å². The van der Waals surface area contributed by atoms with Crippen molar-refractivity contribution in [2.45, 2.75) is 19.9 Å². The Hall–Kier alpha value is -1.07. The summed E-state index contributed by atoms with van der Waals surface area (Å²) in [4.78, 5) is 11.3. The summed E-state index contributed by atoms with van der Waals surface area (Å²) in [6, 6.07) is 7.83. The summed E-state index contributed by atoms with van der Waals surface area (Å²) in [6.45, 7) is 5.38. The molecule has 2 N–H and O–H groups in total. The van der Waals surface area contributed by atoms with Gasteiger partial charge in [-0.2, -0.15) is 0 Å². The molecule has 1 amide bonds. The molecule has 0 aliphatic heterocycles. The summed E-state index contributed by atoms with van der Waals surface area (Å²) in [5.74, 6) is 0.834. The minimum atomic E-state index is 0.00800. The minimum Gasteiger partial charge on any atom is -0.492 e. The van der Waals surface area contributed by atoms with Crippen molar-refractivity contribution in [1.29, 1.82) is 0 Å². The zero-order valence-corrected chi connectivity index (χ0v) is 12.3. The Morgan fingerprint density at radius 2 is 2.00 bits per heavy atom. The number of nitrogens with one attached hydrogen (secondary N) is 2. The predicted octanol–water partition coefficient (Wildman–Crippen LogP) is 1.94. The second kappa shape index (κ2) is 8.11. The lowest BCUT2D eigenvalue weighted by Gasteiger charge is -2.10. The number of halogens is 1. The molecule has 4 nitrogen and oxygen atoms in total. The molecule has 18 heavy (non-hydrogen) atoms. The van der Waals surface area contributed by atoms with Crippen LogP contribution in [0.15, 0.2) is 28.7 Å². The summed E-state index contributed by atoms with van der Waals surface area (Å²) < 4.78 is 6.54. The van der Waals surface area contributed by atoms with Crippen molar-refractivity contribution in [3.05, 3.63) is 28.7 Å². The molecule has 0 bridgehead atoms. The van der Waals surface area contributed by atoms with Gasteiger partial charge in [-0.05, 0) is 38.1 Å². The fraction of sp³-hybridized carbons (Fsp3) is 0.462. The van der Waals surface area contributed by atoms with Gasteiger partial charge in [-0.25, -0.2) is 0 Å². The van der Waals surface area contributed by atoms with E-state index in [0.717, 1.165) is 10.2 Å². The zero-order valence-electron chi connectivity index (χ0n) is 10.7. The molecule has 0 saturated carbocycles. The van der Waals surface area contributed by atoms with E-state index in [0.29, 0.717) is 19.7 Å². The Morgan fingerprint density at radius 3 is 2.61 bits per heavy atom. The van der Waals surface area contributed by atoms with Crippen LogP contribution in [0.2, 0.25) is 0 Å². The van der Waals surface area contributed by atoms with Crippen LogP contribution < -0.4 is 15.4 Å². The van der Waals surface area contributed by atoms with Gasteiger partial charge in [0, 0.05) is 17.1 Å². The number of rotatable bonds is 7. The van der Waals surface area contributed by atoms with Crippen molar-refractivity contribution >= 4 is 21.8 Å². The molecule has 0 heterocycles. The van der Waals surface area contributed by atoms with E-state index in [-0.39, 0.29) is 11.9 Å². The smallest absolute Gasteiger partial charge is 0.234 e. The van der Waals surface area contributed by atoms with Crippen LogP contribution in [-0.2, 0) is 4.79 Å². The molecule has 0 radical (unpaired) electrons. The molecule has 0 saturated heterocycles. The van der Waals surface area contributed by atoms with Crippen LogP contribution in [-0.4, -0.2) is 31.6 Å². The van der Waals surface area contributed by atoms with Gasteiger partial charge in [-0.15, -0.1) is 0 Å². The van der Waals surface area contributed by atoms with E-state index in [1.54, 1.807) is 0 Å². The first kappa shape index (κ1) is 15.0. The Labute approximate surface area is 116 Å². The van der Waals surface area contributed by atoms with Crippen molar-refractivity contribution < 1.29 is 9.53 Å². The SMILES string of the molecule is CC(C)NC(=O)CNCCOc1ccc(Br)cc1. The maximum Gasteiger partial charge on any atom is 0.234 e. The first-order chi connectivity index (χ1) is 8.58. The predicted molar refractivity (Wildman–Crippen MR) is 75.8 cm³/mol. The largest absolute Gasteiger partial charge is 0.492 e. The molecular weight excluding hydrogens is 296 g/mol. The minimum absolute atomic E-state index is 0.00800. The Bertz CT molecular complexity index is 366. The lowest BCUT2D eigenvalue weighted by atomic mass is 10.3. The van der Waals surface area contributed by atoms with Crippen molar-refractivity contribution in [2.75, 3.05) is 19.7 Å². The molecule has 0 aliphatic rings. The standard InChI is InChI=1S/C13H19BrN2O2/c1-10(2)16-13(17)9-15-7-8-18-12-5-3-11(14)4-6-12/h3-6,10,15H,7-9H2,1-2H3,(H,16,17). The lowest BCUT2D eigenvalue weighted by Crippen LogP contribution is -2.38. The highest BCUT2D eigenvalue weighted by Gasteiger charge is 2.01. The zero-order chi connectivity index (χ0) is 13.4. The van der Waals surface area contributed by atoms with Crippen LogP contribution in [0.5, 0.6) is 5.75 Å². The maximum absolute atomic E-state index is 11.3. The second-order valence-corrected chi connectivity index (χ2v) is 5.12. The molecule has 0 aliphatic carbocycles. The summed E-state index contributed by atoms with van der Waals surface area (Å²) >= 11 is 3.36. The van der Waals surface area contributed by atoms with Crippen molar-refractivity contribution in [1.82, 2.24) is 10.6 Å². The molecule has 100 valence electrons. The monoisotopic (exact) mass is 314 g/mol. The van der Waals surface area contributed by atoms with Crippen molar-refractivity contribution in [2.24, 2.45) is 0 Å². The lowest BCUT2D eigenvalue weighted by molar-refractivity contribution is -0.120. The average Bonchev–Trinajstić information content (AvgIpc) is 2.30. The van der Waals surface area contributed by atoms with Crippen LogP contribution in [0.25, 0.3) is 0 Å². The van der Waals surface area contributed by atoms with Gasteiger partial charge in [0.05, 0.1) is 6.54 Å². The summed E-state index contributed by atoms with van der Waals surface area (Å²) in [5.41, 5.74) is 0. The van der Waals surface area contributed by atoms with E-state index in [1.165, 1.54) is 0 Å². The number of hydrogen-bond acceptors (Lipinski definition) is 3. The number of carbonyl (C=O) groups excluding carboxylic acids is 1. The van der Waals surface area contributed by atoms with E-state index in [1.807, 2.05) is 38.1 Å². The third kappa shape index (κ3) is 6.61. The third-order valence-electron chi connectivity index (χ3n) is 2.10. The van der Waals surface area contributed by atoms with E-state index < -0.39 is 0 Å². The number of benzene rings is 1. The number of carbonyl (C=O) groups is 1. The van der Waals surface area contributed by atoms with Crippen molar-refractivity contribution in [3.63, 3.8) is 0 Å². The van der Waals surface area contributed by atoms with Gasteiger partial charge in [0.15, 0.2) is 0 Å². The molecule has 1 aromatic carbocycles. The van der Waals surface area contributed by atoms with E-state index >= 15 is 0 Å². The fourth-order valence-electron chi connectivity index (χ4n) is 1.35. The molecule has 1 aromatic rings. The molecule has 0 aromatic heterocycles. The van der Waals surface area contributed by atoms with E-state index in [2.05, 4.69) is 26.6 Å². The number of hydrogen-bond donors (Lipinski definition) is 2. The number of amides is 1. The first-order valence-electron chi connectivity index (χ1n) is 5.96. The topological polar surface area (TPSA) is 50.4 Å². The van der Waals surface area contributed by atoms with Crippen LogP contribution in [0.1, 0.15) is 13.8 Å². The highest BCUT2D eigenvalue weighted by atomic mass is 79.9. The van der Waals surface area contributed by atoms with Crippen LogP contribution >= 0.6 is 15.9 Å². The van der Waals surface area contributed by atoms with Gasteiger partial charge in [0.2, 0.25) is 5.91 Å². The fourth-order valence-corrected chi connectivity index (χ4v) is 1.61. The Kier molecular flexibility index (Phi) is 6.75. The highest BCUT2D eigenvalue weighted by Crippen LogP contribution is 2.15.